The minimum absolute atomic E-state index is 0.104. The van der Waals surface area contributed by atoms with Crippen LogP contribution in [0.3, 0.4) is 0 Å². The predicted octanol–water partition coefficient (Wildman–Crippen LogP) is 5.41. The number of benzene rings is 2. The normalized spacial score (nSPS) is 22.2. The van der Waals surface area contributed by atoms with E-state index in [1.54, 1.807) is 18.4 Å². The third kappa shape index (κ3) is 3.48. The van der Waals surface area contributed by atoms with Gasteiger partial charge in [0.25, 0.3) is 0 Å². The lowest BCUT2D eigenvalue weighted by Gasteiger charge is -2.44. The van der Waals surface area contributed by atoms with Gasteiger partial charge >= 0.3 is 0 Å². The monoisotopic (exact) mass is 422 g/mol. The van der Waals surface area contributed by atoms with Crippen LogP contribution in [-0.4, -0.2) is 37.7 Å². The second kappa shape index (κ2) is 8.20. The Balaban J connectivity index is 1.51. The summed E-state index contributed by atoms with van der Waals surface area (Å²) in [6, 6.07) is 10.7. The van der Waals surface area contributed by atoms with Crippen LogP contribution in [0.2, 0.25) is 0 Å². The number of aryl methyl sites for hydroxylation is 1. The summed E-state index contributed by atoms with van der Waals surface area (Å²) < 4.78 is 7.47. The smallest absolute Gasteiger partial charge is 0.198 e. The Labute approximate surface area is 181 Å². The molecule has 158 valence electrons. The first-order valence-corrected chi connectivity index (χ1v) is 12.0. The van der Waals surface area contributed by atoms with Crippen molar-refractivity contribution in [3.05, 3.63) is 46.1 Å². The van der Waals surface area contributed by atoms with Crippen LogP contribution in [0.4, 0.5) is 5.69 Å². The zero-order valence-electron chi connectivity index (χ0n) is 17.9. The van der Waals surface area contributed by atoms with Crippen molar-refractivity contribution in [1.29, 1.82) is 0 Å². The molecule has 5 heteroatoms. The molecule has 2 fully saturated rings. The van der Waals surface area contributed by atoms with Gasteiger partial charge in [0.15, 0.2) is 5.43 Å². The molecule has 0 radical (unpaired) electrons. The molecular weight excluding hydrogens is 392 g/mol. The van der Waals surface area contributed by atoms with Crippen LogP contribution in [0.25, 0.3) is 20.2 Å². The summed E-state index contributed by atoms with van der Waals surface area (Å²) in [6.07, 6.45) is 6.59. The minimum Gasteiger partial charge on any atom is -0.497 e. The van der Waals surface area contributed by atoms with Crippen LogP contribution in [-0.2, 0) is 0 Å². The molecule has 4 nitrogen and oxygen atoms in total. The Bertz CT molecular complexity index is 1140. The molecule has 0 unspecified atom stereocenters. The first kappa shape index (κ1) is 19.8. The van der Waals surface area contributed by atoms with Crippen LogP contribution < -0.4 is 15.5 Å². The molecule has 0 aliphatic carbocycles. The molecule has 2 aliphatic rings. The number of ether oxygens (including phenoxy) is 1. The molecule has 1 aromatic heterocycles. The van der Waals surface area contributed by atoms with Crippen molar-refractivity contribution in [3.63, 3.8) is 0 Å². The Hall–Kier alpha value is -2.11. The van der Waals surface area contributed by atoms with E-state index in [-0.39, 0.29) is 5.43 Å². The van der Waals surface area contributed by atoms with E-state index in [4.69, 9.17) is 4.74 Å². The second-order valence-corrected chi connectivity index (χ2v) is 9.86. The zero-order valence-corrected chi connectivity index (χ0v) is 18.7. The molecule has 0 bridgehead atoms. The number of methoxy groups -OCH3 is 1. The highest BCUT2D eigenvalue weighted by atomic mass is 32.1. The molecule has 0 amide bonds. The maximum Gasteiger partial charge on any atom is 0.198 e. The Kier molecular flexibility index (Phi) is 5.42. The number of fused-ring (bicyclic) bond motifs is 3. The van der Waals surface area contributed by atoms with Gasteiger partial charge in [0, 0.05) is 33.1 Å². The summed E-state index contributed by atoms with van der Waals surface area (Å²) in [6.45, 7) is 5.56. The van der Waals surface area contributed by atoms with Crippen LogP contribution in [0.15, 0.2) is 35.1 Å². The van der Waals surface area contributed by atoms with E-state index in [1.165, 1.54) is 45.2 Å². The highest BCUT2D eigenvalue weighted by Gasteiger charge is 2.32. The van der Waals surface area contributed by atoms with Gasteiger partial charge in [-0.25, -0.2) is 0 Å². The van der Waals surface area contributed by atoms with E-state index in [9.17, 15) is 4.79 Å². The molecule has 3 aromatic rings. The SMILES string of the molecule is COc1ccc2sc3c(C)ccc(NC[C@@H]4CCCN5CCCC[C@H]45)c3c(=O)c2c1. The number of nitrogens with one attached hydrogen (secondary N) is 1. The van der Waals surface area contributed by atoms with Crippen molar-refractivity contribution < 1.29 is 4.74 Å². The summed E-state index contributed by atoms with van der Waals surface area (Å²) in [4.78, 5) is 16.2. The van der Waals surface area contributed by atoms with Gasteiger partial charge in [-0.1, -0.05) is 12.5 Å². The van der Waals surface area contributed by atoms with E-state index < -0.39 is 0 Å². The van der Waals surface area contributed by atoms with Crippen molar-refractivity contribution in [2.45, 2.75) is 45.1 Å². The molecular formula is C25H30N2O2S. The zero-order chi connectivity index (χ0) is 20.7. The van der Waals surface area contributed by atoms with Gasteiger partial charge in [-0.3, -0.25) is 4.79 Å². The van der Waals surface area contributed by atoms with Crippen molar-refractivity contribution in [2.75, 3.05) is 32.1 Å². The molecule has 1 N–H and O–H groups in total. The number of piperidine rings is 2. The molecule has 2 atom stereocenters. The predicted molar refractivity (Wildman–Crippen MR) is 127 cm³/mol. The lowest BCUT2D eigenvalue weighted by molar-refractivity contribution is 0.0649. The van der Waals surface area contributed by atoms with Crippen molar-refractivity contribution in [2.24, 2.45) is 5.92 Å². The minimum atomic E-state index is 0.104. The standard InChI is InChI=1S/C25H30N2O2S/c1-16-8-10-20(26-15-17-6-5-13-27-12-4-3-7-21(17)27)23-24(28)19-14-18(29-2)9-11-22(19)30-25(16)23/h8-11,14,17,21,26H,3-7,12-13,15H2,1-2H3/t17-,21+/m0/s1. The fourth-order valence-corrected chi connectivity index (χ4v) is 6.55. The van der Waals surface area contributed by atoms with Crippen molar-refractivity contribution in [3.8, 4) is 5.75 Å². The van der Waals surface area contributed by atoms with Crippen molar-refractivity contribution >= 4 is 37.2 Å². The van der Waals surface area contributed by atoms with Gasteiger partial charge in [0.05, 0.1) is 12.5 Å². The van der Waals surface area contributed by atoms with E-state index in [1.807, 2.05) is 18.2 Å². The summed E-state index contributed by atoms with van der Waals surface area (Å²) in [5, 5.41) is 5.28. The highest BCUT2D eigenvalue weighted by Crippen LogP contribution is 2.35. The third-order valence-corrected chi connectivity index (χ3v) is 8.31. The third-order valence-electron chi connectivity index (χ3n) is 7.01. The molecule has 2 saturated heterocycles. The first-order valence-electron chi connectivity index (χ1n) is 11.2. The van der Waals surface area contributed by atoms with E-state index in [0.29, 0.717) is 12.0 Å². The average molecular weight is 423 g/mol. The quantitative estimate of drug-likeness (QED) is 0.571. The Morgan fingerprint density at radius 2 is 2.00 bits per heavy atom. The molecule has 0 saturated carbocycles. The van der Waals surface area contributed by atoms with Gasteiger partial charge in [-0.15, -0.1) is 11.3 Å². The largest absolute Gasteiger partial charge is 0.497 e. The van der Waals surface area contributed by atoms with Gasteiger partial charge < -0.3 is 15.0 Å². The van der Waals surface area contributed by atoms with Gasteiger partial charge in [0.2, 0.25) is 0 Å². The highest BCUT2D eigenvalue weighted by molar-refractivity contribution is 7.24. The molecule has 3 heterocycles. The molecule has 2 aromatic carbocycles. The molecule has 5 rings (SSSR count). The fourth-order valence-electron chi connectivity index (χ4n) is 5.39. The van der Waals surface area contributed by atoms with Crippen LogP contribution in [0.5, 0.6) is 5.75 Å². The molecule has 30 heavy (non-hydrogen) atoms. The Morgan fingerprint density at radius 1 is 1.13 bits per heavy atom. The maximum absolute atomic E-state index is 13.5. The topological polar surface area (TPSA) is 41.6 Å². The summed E-state index contributed by atoms with van der Waals surface area (Å²) in [5.74, 6) is 1.39. The summed E-state index contributed by atoms with van der Waals surface area (Å²) in [5.41, 5.74) is 2.24. The number of hydrogen-bond donors (Lipinski definition) is 1. The lowest BCUT2D eigenvalue weighted by Crippen LogP contribution is -2.49. The number of hydrogen-bond acceptors (Lipinski definition) is 5. The average Bonchev–Trinajstić information content (AvgIpc) is 2.79. The summed E-state index contributed by atoms with van der Waals surface area (Å²) >= 11 is 1.70. The van der Waals surface area contributed by atoms with Crippen molar-refractivity contribution in [1.82, 2.24) is 4.90 Å². The van der Waals surface area contributed by atoms with Gasteiger partial charge in [-0.2, -0.15) is 0 Å². The van der Waals surface area contributed by atoms with Crippen LogP contribution in [0.1, 0.15) is 37.7 Å². The maximum atomic E-state index is 13.5. The first-order chi connectivity index (χ1) is 14.7. The molecule has 2 aliphatic heterocycles. The second-order valence-electron chi connectivity index (χ2n) is 8.81. The lowest BCUT2D eigenvalue weighted by atomic mass is 9.83. The Morgan fingerprint density at radius 3 is 2.87 bits per heavy atom. The van der Waals surface area contributed by atoms with E-state index >= 15 is 0 Å². The number of rotatable bonds is 4. The number of anilines is 1. The van der Waals surface area contributed by atoms with E-state index in [2.05, 4.69) is 29.3 Å². The van der Waals surface area contributed by atoms with Gasteiger partial charge in [-0.05, 0) is 81.4 Å². The van der Waals surface area contributed by atoms with Crippen LogP contribution in [0, 0.1) is 12.8 Å². The summed E-state index contributed by atoms with van der Waals surface area (Å²) in [7, 11) is 1.64. The number of nitrogens with zero attached hydrogens (tertiary/aromatic N) is 1. The van der Waals surface area contributed by atoms with Gasteiger partial charge in [0.1, 0.15) is 5.75 Å². The van der Waals surface area contributed by atoms with Crippen LogP contribution >= 0.6 is 11.3 Å². The fraction of sp³-hybridized carbons (Fsp3) is 0.480. The molecule has 0 spiro atoms. The van der Waals surface area contributed by atoms with E-state index in [0.717, 1.165) is 43.7 Å².